The van der Waals surface area contributed by atoms with Crippen molar-refractivity contribution in [3.63, 3.8) is 0 Å². The van der Waals surface area contributed by atoms with Crippen molar-refractivity contribution in [2.75, 3.05) is 4.90 Å². The highest BCUT2D eigenvalue weighted by molar-refractivity contribution is 14.1. The van der Waals surface area contributed by atoms with Crippen LogP contribution >= 0.6 is 22.6 Å². The summed E-state index contributed by atoms with van der Waals surface area (Å²) in [4.78, 5) is 38.4. The van der Waals surface area contributed by atoms with Gasteiger partial charge in [-0.25, -0.2) is 9.69 Å². The molecule has 1 saturated heterocycles. The van der Waals surface area contributed by atoms with Crippen molar-refractivity contribution >= 4 is 52.2 Å². The second kappa shape index (κ2) is 6.79. The predicted octanol–water partition coefficient (Wildman–Crippen LogP) is 3.57. The van der Waals surface area contributed by atoms with Gasteiger partial charge in [0, 0.05) is 3.57 Å². The number of carbonyl (C=O) groups is 3. The molecule has 2 aromatic carbocycles. The Balaban J connectivity index is 2.09. The van der Waals surface area contributed by atoms with E-state index in [1.807, 2.05) is 44.2 Å². The van der Waals surface area contributed by atoms with E-state index in [-0.39, 0.29) is 5.57 Å². The third-order valence-corrected chi connectivity index (χ3v) is 5.11. The minimum absolute atomic E-state index is 0.0652. The number of anilines is 1. The molecule has 1 heterocycles. The van der Waals surface area contributed by atoms with Crippen LogP contribution in [0.3, 0.4) is 0 Å². The van der Waals surface area contributed by atoms with Gasteiger partial charge >= 0.3 is 6.03 Å². The van der Waals surface area contributed by atoms with E-state index in [0.29, 0.717) is 5.69 Å². The van der Waals surface area contributed by atoms with Gasteiger partial charge in [-0.2, -0.15) is 0 Å². The van der Waals surface area contributed by atoms with Crippen molar-refractivity contribution in [1.29, 1.82) is 0 Å². The van der Waals surface area contributed by atoms with Gasteiger partial charge in [-0.05, 0) is 71.3 Å². The lowest BCUT2D eigenvalue weighted by atomic mass is 10.0. The number of imide groups is 2. The van der Waals surface area contributed by atoms with Crippen LogP contribution in [0.2, 0.25) is 0 Å². The lowest BCUT2D eigenvalue weighted by Crippen LogP contribution is -2.54. The normalized spacial score (nSPS) is 16.4. The fraction of sp³-hybridized carbons (Fsp3) is 0.105. The van der Waals surface area contributed by atoms with Gasteiger partial charge in [0.25, 0.3) is 11.8 Å². The number of benzene rings is 2. The first-order chi connectivity index (χ1) is 11.9. The molecule has 5 nitrogen and oxygen atoms in total. The molecule has 1 N–H and O–H groups in total. The molecule has 25 heavy (non-hydrogen) atoms. The minimum Gasteiger partial charge on any atom is -0.273 e. The molecule has 1 aliphatic heterocycles. The summed E-state index contributed by atoms with van der Waals surface area (Å²) in [6, 6.07) is 12.0. The van der Waals surface area contributed by atoms with Gasteiger partial charge in [0.05, 0.1) is 5.69 Å². The smallest absolute Gasteiger partial charge is 0.273 e. The molecule has 6 heteroatoms. The van der Waals surface area contributed by atoms with Crippen LogP contribution in [0.5, 0.6) is 0 Å². The highest BCUT2D eigenvalue weighted by atomic mass is 127. The van der Waals surface area contributed by atoms with Crippen LogP contribution < -0.4 is 10.2 Å². The van der Waals surface area contributed by atoms with E-state index < -0.39 is 17.8 Å². The van der Waals surface area contributed by atoms with Crippen LogP contribution in [0.1, 0.15) is 16.7 Å². The van der Waals surface area contributed by atoms with Crippen molar-refractivity contribution in [3.05, 3.63) is 68.3 Å². The highest BCUT2D eigenvalue weighted by Gasteiger charge is 2.37. The van der Waals surface area contributed by atoms with Crippen molar-refractivity contribution in [1.82, 2.24) is 5.32 Å². The summed E-state index contributed by atoms with van der Waals surface area (Å²) >= 11 is 2.13. The zero-order valence-electron chi connectivity index (χ0n) is 13.7. The maximum Gasteiger partial charge on any atom is 0.335 e. The van der Waals surface area contributed by atoms with Gasteiger partial charge < -0.3 is 0 Å². The second-order valence-electron chi connectivity index (χ2n) is 5.70. The first-order valence-electron chi connectivity index (χ1n) is 7.62. The number of nitrogens with one attached hydrogen (secondary N) is 1. The van der Waals surface area contributed by atoms with E-state index >= 15 is 0 Å². The quantitative estimate of drug-likeness (QED) is 0.436. The zero-order valence-corrected chi connectivity index (χ0v) is 15.8. The molecule has 126 valence electrons. The van der Waals surface area contributed by atoms with Gasteiger partial charge in [-0.1, -0.05) is 30.3 Å². The van der Waals surface area contributed by atoms with Crippen molar-refractivity contribution < 1.29 is 14.4 Å². The van der Waals surface area contributed by atoms with Crippen molar-refractivity contribution in [2.24, 2.45) is 0 Å². The van der Waals surface area contributed by atoms with Crippen molar-refractivity contribution in [3.8, 4) is 0 Å². The average Bonchev–Trinajstić information content (AvgIpc) is 2.56. The molecule has 0 spiro atoms. The standard InChI is InChI=1S/C19H15IN2O3/c1-11-6-5-9-16(12(11)2)22-18(24)14(17(23)21-19(22)25)10-13-7-3-4-8-15(13)20/h3-10H,1-2H3,(H,21,23,25). The molecule has 3 rings (SSSR count). The van der Waals surface area contributed by atoms with E-state index in [2.05, 4.69) is 27.9 Å². The fourth-order valence-electron chi connectivity index (χ4n) is 2.60. The SMILES string of the molecule is Cc1cccc(N2C(=O)NC(=O)C(=Cc3ccccc3I)C2=O)c1C. The van der Waals surface area contributed by atoms with Crippen molar-refractivity contribution in [2.45, 2.75) is 13.8 Å². The Kier molecular flexibility index (Phi) is 4.71. The maximum atomic E-state index is 12.9. The summed E-state index contributed by atoms with van der Waals surface area (Å²) in [5, 5.41) is 2.25. The Morgan fingerprint density at radius 1 is 1.00 bits per heavy atom. The second-order valence-corrected chi connectivity index (χ2v) is 6.86. The average molecular weight is 446 g/mol. The van der Waals surface area contributed by atoms with Crippen LogP contribution in [0.4, 0.5) is 10.5 Å². The van der Waals surface area contributed by atoms with Crippen LogP contribution in [0.15, 0.2) is 48.0 Å². The van der Waals surface area contributed by atoms with E-state index in [4.69, 9.17) is 0 Å². The number of rotatable bonds is 2. The molecular formula is C19H15IN2O3. The lowest BCUT2D eigenvalue weighted by Gasteiger charge is -2.28. The number of halogens is 1. The number of barbiturate groups is 1. The minimum atomic E-state index is -0.733. The molecule has 0 aliphatic carbocycles. The highest BCUT2D eigenvalue weighted by Crippen LogP contribution is 2.27. The lowest BCUT2D eigenvalue weighted by molar-refractivity contribution is -0.122. The Hall–Kier alpha value is -2.48. The van der Waals surface area contributed by atoms with Crippen LogP contribution in [0, 0.1) is 17.4 Å². The van der Waals surface area contributed by atoms with Gasteiger partial charge in [0.1, 0.15) is 5.57 Å². The number of aryl methyl sites for hydroxylation is 1. The molecule has 1 aliphatic rings. The Morgan fingerprint density at radius 2 is 1.72 bits per heavy atom. The van der Waals surface area contributed by atoms with Gasteiger partial charge in [-0.15, -0.1) is 0 Å². The molecule has 2 aromatic rings. The number of amides is 4. The summed E-state index contributed by atoms with van der Waals surface area (Å²) in [7, 11) is 0. The largest absolute Gasteiger partial charge is 0.335 e. The molecule has 0 aromatic heterocycles. The first kappa shape index (κ1) is 17.3. The topological polar surface area (TPSA) is 66.5 Å². The summed E-state index contributed by atoms with van der Waals surface area (Å²) in [5.74, 6) is -1.31. The van der Waals surface area contributed by atoms with E-state index in [1.54, 1.807) is 12.1 Å². The number of urea groups is 1. The number of hydrogen-bond acceptors (Lipinski definition) is 3. The predicted molar refractivity (Wildman–Crippen MR) is 104 cm³/mol. The van der Waals surface area contributed by atoms with Gasteiger partial charge in [-0.3, -0.25) is 14.9 Å². The number of nitrogens with zero attached hydrogens (tertiary/aromatic N) is 1. The van der Waals surface area contributed by atoms with Crippen LogP contribution in [0.25, 0.3) is 6.08 Å². The summed E-state index contributed by atoms with van der Waals surface area (Å²) < 4.78 is 0.906. The molecule has 4 amide bonds. The van der Waals surface area contributed by atoms with E-state index in [0.717, 1.165) is 25.2 Å². The molecule has 0 unspecified atom stereocenters. The monoisotopic (exact) mass is 446 g/mol. The third-order valence-electron chi connectivity index (χ3n) is 4.12. The first-order valence-corrected chi connectivity index (χ1v) is 8.70. The molecular weight excluding hydrogens is 431 g/mol. The molecule has 0 atom stereocenters. The third kappa shape index (κ3) is 3.21. The maximum absolute atomic E-state index is 12.9. The Bertz CT molecular complexity index is 934. The van der Waals surface area contributed by atoms with Crippen LogP contribution in [-0.2, 0) is 9.59 Å². The Morgan fingerprint density at radius 3 is 2.44 bits per heavy atom. The molecule has 0 radical (unpaired) electrons. The van der Waals surface area contributed by atoms with Gasteiger partial charge in [0.2, 0.25) is 0 Å². The van der Waals surface area contributed by atoms with Crippen LogP contribution in [-0.4, -0.2) is 17.8 Å². The summed E-state index contributed by atoms with van der Waals surface area (Å²) in [6.07, 6.45) is 1.52. The van der Waals surface area contributed by atoms with E-state index in [9.17, 15) is 14.4 Å². The summed E-state index contributed by atoms with van der Waals surface area (Å²) in [5.41, 5.74) is 2.93. The molecule has 1 fully saturated rings. The van der Waals surface area contributed by atoms with E-state index in [1.165, 1.54) is 6.08 Å². The Labute approximate surface area is 158 Å². The van der Waals surface area contributed by atoms with Gasteiger partial charge in [0.15, 0.2) is 0 Å². The number of carbonyl (C=O) groups excluding carboxylic acids is 3. The number of hydrogen-bond donors (Lipinski definition) is 1. The zero-order chi connectivity index (χ0) is 18.1. The fourth-order valence-corrected chi connectivity index (χ4v) is 3.14. The summed E-state index contributed by atoms with van der Waals surface area (Å²) in [6.45, 7) is 3.74. The molecule has 0 bridgehead atoms. The molecule has 0 saturated carbocycles.